The fraction of sp³-hybridized carbons (Fsp3) is 0.684. The van der Waals surface area contributed by atoms with Gasteiger partial charge in [0.05, 0.1) is 79.2 Å². The molecule has 23 nitrogen and oxygen atoms in total. The quantitative estimate of drug-likeness (QED) is 0.0187. The van der Waals surface area contributed by atoms with Crippen molar-refractivity contribution in [1.82, 2.24) is 0 Å². The molecule has 1 aromatic rings. The minimum atomic E-state index is -1.35. The Bertz CT molecular complexity index is 3030. The number of carbonyl (C=O) groups is 5. The summed E-state index contributed by atoms with van der Waals surface area (Å²) in [5.74, 6) is -3.24. The Hall–Kier alpha value is 0.436. The van der Waals surface area contributed by atoms with Crippen LogP contribution in [0.3, 0.4) is 0 Å². The van der Waals surface area contributed by atoms with E-state index in [1.807, 2.05) is 50.3 Å². The number of benzene rings is 1. The van der Waals surface area contributed by atoms with Crippen LogP contribution in [0.15, 0.2) is 95.7 Å². The Morgan fingerprint density at radius 1 is 0.491 bits per heavy atom. The standard InChI is InChI=1S/C23H36O7.C18H28O6.C18H28O5.C18H24O5.2CH4.HI.K.4Na/c1-4-13(2)23(29)30-20-11-17(25)9-15-6-5-14(3)19(22(15)20)8-7-16(24)10-18(26)12-21(27)28;1-10-2-3-11-6-13(20)8-16(22)18(11)15(10)5-4-12(19)7-14(21)9-17(23)24;2*1-11-2-3-12-8-13(19)5-7-17(12)16(11)6-4-14(20)9-15(21)10-18(22)23;;;;;;;;/h5-6,9,13-14,16-20,22,24-26H,4,7-8,10-12H2,1-3H3,(H,27,28);2-3,6,10,12-16,18-22H,4-5,7-9H2,1H3,(H,23,24);2-3,8,11,13-17,19-21H,4-7,9-10H2,1H3,(H,22,23);2-3,5,7-8,11,14-16,19-21H,4,6,9-10H2,1H3,(H,22,23);2*1H4;1H;;;;;/q;;;;;;;;4*+1/p-4/t13-,14-,16+,17-,18+,19-,20-,22-;10-,12+,13+,14+,15-,16-,18-;11-,13-,14+,15+,16-,17-;11-,14+,15+,16-;;;;;;;;/m0000......../s1. The molecule has 13 N–H and O–H groups in total. The van der Waals surface area contributed by atoms with Crippen molar-refractivity contribution in [3.05, 3.63) is 107 Å². The predicted octanol–water partition coefficient (Wildman–Crippen LogP) is -8.15. The maximum atomic E-state index is 12.4. The predicted molar refractivity (Wildman–Crippen MR) is 398 cm³/mol. The van der Waals surface area contributed by atoms with Crippen LogP contribution in [-0.2, 0) is 28.7 Å². The summed E-state index contributed by atoms with van der Waals surface area (Å²) in [6, 6.07) is 5.30. The fourth-order valence-electron chi connectivity index (χ4n) is 15.6. The number of aliphatic hydroxyl groups excluding tert-OH is 12. The van der Waals surface area contributed by atoms with Gasteiger partial charge in [0.2, 0.25) is 0 Å². The number of ether oxygens (including phenoxy) is 1. The molecule has 0 bridgehead atoms. The first-order chi connectivity index (χ1) is 47.1. The number of allylic oxidation sites excluding steroid dienone is 8. The molecule has 25 atom stereocenters. The van der Waals surface area contributed by atoms with E-state index in [4.69, 9.17) is 4.74 Å². The molecular weight excluding hydrogens is 1570 g/mol. The third-order valence-corrected chi connectivity index (χ3v) is 21.2. The van der Waals surface area contributed by atoms with Crippen LogP contribution in [0.4, 0.5) is 0 Å². The van der Waals surface area contributed by atoms with Crippen molar-refractivity contribution >= 4 is 111 Å². The van der Waals surface area contributed by atoms with Gasteiger partial charge in [-0.2, -0.15) is 0 Å². The van der Waals surface area contributed by atoms with Crippen molar-refractivity contribution in [2.75, 3.05) is 0 Å². The number of carboxylic acids is 4. The number of fused-ring (bicyclic) bond motifs is 4. The van der Waals surface area contributed by atoms with Gasteiger partial charge >= 0.3 is 124 Å². The van der Waals surface area contributed by atoms with Crippen LogP contribution in [0.25, 0.3) is 6.08 Å². The second kappa shape index (κ2) is 58.3. The van der Waals surface area contributed by atoms with E-state index < -0.39 is 123 Å². The molecule has 0 spiro atoms. The number of phenols is 1. The summed E-state index contributed by atoms with van der Waals surface area (Å²) in [7, 11) is 0. The molecule has 108 heavy (non-hydrogen) atoms. The van der Waals surface area contributed by atoms with Gasteiger partial charge in [-0.15, -0.1) is 24.0 Å². The number of carboxylic acid groups (broad SMARTS) is 4. The van der Waals surface area contributed by atoms with Crippen LogP contribution in [-0.4, -0.2) is 227 Å². The molecule has 0 saturated heterocycles. The van der Waals surface area contributed by atoms with Crippen molar-refractivity contribution in [3.8, 4) is 5.75 Å². The van der Waals surface area contributed by atoms with E-state index in [0.29, 0.717) is 81.5 Å². The topological polar surface area (TPSA) is 450 Å². The Labute approximate surface area is 788 Å². The molecule has 7 aliphatic carbocycles. The minimum Gasteiger partial charge on any atom is -0.550 e. The van der Waals surface area contributed by atoms with Crippen LogP contribution in [0.5, 0.6) is 5.75 Å². The van der Waals surface area contributed by atoms with Gasteiger partial charge in [0.25, 0.3) is 0 Å². The molecule has 1 aromatic carbocycles. The van der Waals surface area contributed by atoms with Crippen molar-refractivity contribution < 1.29 is 234 Å². The van der Waals surface area contributed by atoms with Gasteiger partial charge in [0.15, 0.2) is 0 Å². The number of halogens is 1. The van der Waals surface area contributed by atoms with Gasteiger partial charge in [-0.1, -0.05) is 129 Å². The minimum absolute atomic E-state index is 0. The molecule has 1 radical (unpaired) electrons. The molecule has 0 aliphatic heterocycles. The van der Waals surface area contributed by atoms with E-state index in [9.17, 15) is 111 Å². The van der Waals surface area contributed by atoms with Crippen LogP contribution in [0, 0.1) is 65.1 Å². The number of phenolic OH excluding ortho intramolecular Hbond substituents is 1. The summed E-state index contributed by atoms with van der Waals surface area (Å²) in [5, 5.41) is 170. The van der Waals surface area contributed by atoms with Crippen molar-refractivity contribution in [3.63, 3.8) is 0 Å². The number of hydrogen-bond donors (Lipinski definition) is 13. The third kappa shape index (κ3) is 39.8. The average molecular weight is 1700 g/mol. The van der Waals surface area contributed by atoms with Crippen LogP contribution in [0.1, 0.15) is 208 Å². The van der Waals surface area contributed by atoms with Gasteiger partial charge in [-0.25, -0.2) is 0 Å². The molecule has 0 saturated carbocycles. The van der Waals surface area contributed by atoms with Gasteiger partial charge < -0.3 is 111 Å². The van der Waals surface area contributed by atoms with E-state index in [2.05, 4.69) is 58.1 Å². The molecule has 0 amide bonds. The van der Waals surface area contributed by atoms with Gasteiger partial charge in [-0.3, -0.25) is 4.79 Å². The molecule has 0 unspecified atom stereocenters. The fourth-order valence-corrected chi connectivity index (χ4v) is 15.6. The zero-order valence-corrected chi connectivity index (χ0v) is 77.6. The normalized spacial score (nSPS) is 28.2. The van der Waals surface area contributed by atoms with Crippen molar-refractivity contribution in [1.29, 1.82) is 0 Å². The summed E-state index contributed by atoms with van der Waals surface area (Å²) in [4.78, 5) is 54.3. The molecule has 29 heteroatoms. The summed E-state index contributed by atoms with van der Waals surface area (Å²) in [5.41, 5.74) is 5.21. The zero-order chi connectivity index (χ0) is 74.2. The van der Waals surface area contributed by atoms with Crippen molar-refractivity contribution in [2.24, 2.45) is 65.1 Å². The van der Waals surface area contributed by atoms with Gasteiger partial charge in [0, 0.05) is 126 Å². The smallest absolute Gasteiger partial charge is 0.550 e. The zero-order valence-electron chi connectivity index (χ0n) is 64.2. The van der Waals surface area contributed by atoms with E-state index in [1.54, 1.807) is 18.2 Å². The Morgan fingerprint density at radius 2 is 0.861 bits per heavy atom. The summed E-state index contributed by atoms with van der Waals surface area (Å²) in [6.07, 6.45) is 17.7. The van der Waals surface area contributed by atoms with E-state index in [1.165, 1.54) is 5.57 Å². The number of aliphatic hydroxyl groups is 12. The number of aliphatic carboxylic acids is 4. The monoisotopic (exact) mass is 1700 g/mol. The summed E-state index contributed by atoms with van der Waals surface area (Å²) >= 11 is 0. The first-order valence-electron chi connectivity index (χ1n) is 36.0. The molecule has 587 valence electrons. The van der Waals surface area contributed by atoms with Crippen LogP contribution >= 0.6 is 24.0 Å². The van der Waals surface area contributed by atoms with Crippen molar-refractivity contribution in [2.45, 2.75) is 277 Å². The van der Waals surface area contributed by atoms with E-state index >= 15 is 0 Å². The Kier molecular flexibility index (Phi) is 62.0. The number of hydrogen-bond acceptors (Lipinski definition) is 23. The Balaban J connectivity index is -0.000000655. The average Bonchev–Trinajstić information content (AvgIpc) is 0.793. The SMILES string of the molecule is C.C.CC[C@H](C)C(=O)O[C@H]1C[C@@H](O)C=C2C=C[C@H](C)[C@H](CC[C@@H](O)C[C@@H](O)CC(=O)[O-])[C@H]21.C[C@H]1C=CC2=C[C@@H](O)CC[C@@H]2[C@H]1CC[C@@H](O)C[C@@H](O)CC(=O)[O-].C[C@H]1C=CC2=C[C@@H](O)C[C@H](O)[C@@H]2[C@H]1CC[C@@H](O)C[C@@H](O)CC(=O)[O-].C[C@H]1C=Cc2cc(O)ccc2[C@H]1CC[C@@H](O)C[C@@H](O)CC(=O)[O-].I.[K].[Na+].[Na+].[Na+].[Na+]. The molecule has 7 aliphatic rings. The van der Waals surface area contributed by atoms with E-state index in [-0.39, 0.29) is 299 Å². The first-order valence-corrected chi connectivity index (χ1v) is 36.0. The maximum Gasteiger partial charge on any atom is 1.00 e. The molecule has 8 rings (SSSR count). The number of aromatic hydroxyl groups is 1. The third-order valence-electron chi connectivity index (χ3n) is 21.2. The van der Waals surface area contributed by atoms with Crippen LogP contribution in [0.2, 0.25) is 0 Å². The van der Waals surface area contributed by atoms with Gasteiger partial charge in [-0.05, 0) is 190 Å². The second-order valence-corrected chi connectivity index (χ2v) is 29.3. The van der Waals surface area contributed by atoms with E-state index in [0.717, 1.165) is 48.0 Å². The van der Waals surface area contributed by atoms with Crippen LogP contribution < -0.4 is 139 Å². The Morgan fingerprint density at radius 3 is 1.30 bits per heavy atom. The second-order valence-electron chi connectivity index (χ2n) is 29.3. The summed E-state index contributed by atoms with van der Waals surface area (Å²) in [6.45, 7) is 12.2. The number of esters is 1. The molecule has 0 fully saturated rings. The molecular formula is C79H121IKNa4O23. The maximum absolute atomic E-state index is 12.4. The first kappa shape index (κ1) is 115. The molecule has 0 heterocycles. The largest absolute Gasteiger partial charge is 1.00 e. The number of carbonyl (C=O) groups excluding carboxylic acids is 5. The number of rotatable bonds is 31. The summed E-state index contributed by atoms with van der Waals surface area (Å²) < 4.78 is 5.83. The van der Waals surface area contributed by atoms with Gasteiger partial charge in [0.1, 0.15) is 11.9 Å². The molecule has 0 aromatic heterocycles.